The molecule has 496 valence electrons. The zero-order valence-corrected chi connectivity index (χ0v) is 47.7. The van der Waals surface area contributed by atoms with Crippen molar-refractivity contribution >= 4 is 11.8 Å². The molecule has 3 fully saturated rings. The van der Waals surface area contributed by atoms with Crippen LogP contribution in [0.2, 0.25) is 0 Å². The Hall–Kier alpha value is -2.26. The van der Waals surface area contributed by atoms with Crippen LogP contribution >= 0.6 is 0 Å². The van der Waals surface area contributed by atoms with E-state index in [0.717, 1.165) is 0 Å². The minimum absolute atomic E-state index is 0.00289. The van der Waals surface area contributed by atoms with Gasteiger partial charge in [-0.25, -0.2) is 0 Å². The summed E-state index contributed by atoms with van der Waals surface area (Å²) in [6.45, 7) is 1.57. The second kappa shape index (κ2) is 45.1. The van der Waals surface area contributed by atoms with E-state index < -0.39 is 124 Å². The second-order valence-electron chi connectivity index (χ2n) is 19.5. The minimum atomic E-state index is -1.55. The Labute approximate surface area is 487 Å². The molecule has 84 heavy (non-hydrogen) atoms. The molecule has 0 aromatic rings. The van der Waals surface area contributed by atoms with E-state index in [4.69, 9.17) is 71.1 Å². The highest BCUT2D eigenvalue weighted by Gasteiger charge is 2.46. The Morgan fingerprint density at radius 3 is 1.05 bits per heavy atom. The highest BCUT2D eigenvalue weighted by Crippen LogP contribution is 2.24. The van der Waals surface area contributed by atoms with Crippen molar-refractivity contribution in [3.8, 4) is 0 Å². The molecule has 0 radical (unpaired) electrons. The summed E-state index contributed by atoms with van der Waals surface area (Å²) in [5.74, 6) is -0.576. The van der Waals surface area contributed by atoms with Gasteiger partial charge in [-0.15, -0.1) is 0 Å². The van der Waals surface area contributed by atoms with Crippen molar-refractivity contribution in [1.29, 1.82) is 0 Å². The molecular formula is C50H96N4O30. The van der Waals surface area contributed by atoms with Gasteiger partial charge >= 0.3 is 0 Å². The Morgan fingerprint density at radius 2 is 0.714 bits per heavy atom. The first-order valence-corrected chi connectivity index (χ1v) is 28.1. The first-order chi connectivity index (χ1) is 40.5. The monoisotopic (exact) mass is 1230 g/mol. The van der Waals surface area contributed by atoms with Gasteiger partial charge in [0.05, 0.1) is 164 Å². The fourth-order valence-corrected chi connectivity index (χ4v) is 8.02. The normalized spacial score (nSPS) is 29.4. The Balaban J connectivity index is 1.29. The molecule has 0 aromatic carbocycles. The molecule has 2 amide bonds. The maximum Gasteiger partial charge on any atom is 0.222 e. The third-order valence-electron chi connectivity index (χ3n) is 13.1. The van der Waals surface area contributed by atoms with Crippen molar-refractivity contribution in [2.24, 2.45) is 0 Å². The van der Waals surface area contributed by atoms with Crippen molar-refractivity contribution in [1.82, 2.24) is 21.3 Å². The lowest BCUT2D eigenvalue weighted by Crippen LogP contribution is -2.59. The van der Waals surface area contributed by atoms with Crippen LogP contribution in [0.15, 0.2) is 0 Å². The van der Waals surface area contributed by atoms with Gasteiger partial charge in [0.15, 0.2) is 18.9 Å². The first-order valence-electron chi connectivity index (χ1n) is 28.1. The van der Waals surface area contributed by atoms with Crippen molar-refractivity contribution in [3.05, 3.63) is 0 Å². The van der Waals surface area contributed by atoms with Gasteiger partial charge in [-0.05, 0) is 7.05 Å². The van der Waals surface area contributed by atoms with Gasteiger partial charge in [-0.1, -0.05) is 0 Å². The van der Waals surface area contributed by atoms with Crippen LogP contribution in [0, 0.1) is 0 Å². The fraction of sp³-hybridized carbons (Fsp3) is 0.960. The number of amides is 2. The number of aliphatic hydroxyl groups excluding tert-OH is 13. The van der Waals surface area contributed by atoms with E-state index in [1.807, 2.05) is 0 Å². The molecule has 17 N–H and O–H groups in total. The molecule has 0 aromatic heterocycles. The highest BCUT2D eigenvalue weighted by molar-refractivity contribution is 5.76. The van der Waals surface area contributed by atoms with Crippen LogP contribution in [0.25, 0.3) is 0 Å². The maximum absolute atomic E-state index is 12.6. The molecule has 3 aliphatic heterocycles. The van der Waals surface area contributed by atoms with E-state index in [2.05, 4.69) is 21.3 Å². The number of ether oxygens (including phenoxy) is 15. The third kappa shape index (κ3) is 29.4. The molecule has 0 spiro atoms. The van der Waals surface area contributed by atoms with Crippen LogP contribution in [-0.4, -0.2) is 367 Å². The number of nitrogens with one attached hydrogen (secondary N) is 4. The van der Waals surface area contributed by atoms with Crippen LogP contribution in [-0.2, 0) is 80.6 Å². The molecule has 0 saturated carbocycles. The molecule has 10 unspecified atom stereocenters. The van der Waals surface area contributed by atoms with Crippen LogP contribution in [0.1, 0.15) is 19.3 Å². The predicted octanol–water partition coefficient (Wildman–Crippen LogP) is -10.1. The van der Waals surface area contributed by atoms with Gasteiger partial charge in [0.25, 0.3) is 0 Å². The van der Waals surface area contributed by atoms with Gasteiger partial charge in [-0.3, -0.25) is 14.9 Å². The van der Waals surface area contributed by atoms with Crippen molar-refractivity contribution in [3.63, 3.8) is 0 Å². The van der Waals surface area contributed by atoms with Crippen molar-refractivity contribution in [2.75, 3.05) is 185 Å². The minimum Gasteiger partial charge on any atom is -0.394 e. The van der Waals surface area contributed by atoms with Gasteiger partial charge in [0.2, 0.25) is 11.8 Å². The summed E-state index contributed by atoms with van der Waals surface area (Å²) in [7, 11) is 1.68. The van der Waals surface area contributed by atoms with E-state index in [9.17, 15) is 76.0 Å². The second-order valence-corrected chi connectivity index (χ2v) is 19.5. The molecule has 3 heterocycles. The Morgan fingerprint density at radius 1 is 0.405 bits per heavy atom. The van der Waals surface area contributed by atoms with E-state index >= 15 is 0 Å². The number of likely N-dealkylation sites (N-methyl/N-ethyl adjacent to an activating group) is 1. The van der Waals surface area contributed by atoms with Crippen molar-refractivity contribution < 1.29 is 147 Å². The van der Waals surface area contributed by atoms with E-state index in [0.29, 0.717) is 6.54 Å². The topological polar surface area (TPSA) is 484 Å². The number of rotatable bonds is 50. The predicted molar refractivity (Wildman–Crippen MR) is 282 cm³/mol. The van der Waals surface area contributed by atoms with Crippen LogP contribution in [0.5, 0.6) is 0 Å². The van der Waals surface area contributed by atoms with E-state index in [1.54, 1.807) is 7.05 Å². The molecule has 16 atom stereocenters. The van der Waals surface area contributed by atoms with Gasteiger partial charge in [0.1, 0.15) is 79.5 Å². The molecule has 3 rings (SSSR count). The summed E-state index contributed by atoms with van der Waals surface area (Å²) in [5, 5.41) is 139. The zero-order valence-electron chi connectivity index (χ0n) is 47.7. The summed E-state index contributed by atoms with van der Waals surface area (Å²) in [6, 6.07) is 0. The summed E-state index contributed by atoms with van der Waals surface area (Å²) in [6.07, 6.45) is -21.3. The molecule has 0 aliphatic carbocycles. The van der Waals surface area contributed by atoms with Crippen molar-refractivity contribution in [2.45, 2.75) is 123 Å². The number of aliphatic hydroxyl groups is 13. The molecule has 0 bridgehead atoms. The molecule has 34 heteroatoms. The standard InChI is InChI=1S/C50H96N4O30/c1-51-50(29-76-8-2-35(58)52-5-11-70-14-17-73-20-23-79-47-44(67)41(64)38(61)32(26-55)82-47,30-77-9-3-36(59)53-6-12-71-15-18-74-21-24-80-48-45(68)42(65)39(62)33(27-56)83-48)31-78-10-4-37(60)54-7-13-72-16-19-75-22-25-81-49-46(69)43(66)40(63)34(28-57)84-49/h32-35,38-49,51-52,55-58,61-69H,2-31H2,1H3,(H,53,59)(H,54,60)/t32?,33?,34?,35?,38-,39-,40-,41?,42?,43?,44?,45?,46?,47+,48+,49+,50?/m1/s1. The fourth-order valence-electron chi connectivity index (χ4n) is 8.02. The average Bonchev–Trinajstić information content (AvgIpc) is 3.51. The van der Waals surface area contributed by atoms with E-state index in [1.165, 1.54) is 0 Å². The lowest BCUT2D eigenvalue weighted by Gasteiger charge is -2.39. The average molecular weight is 1230 g/mol. The molecule has 3 saturated heterocycles. The zero-order chi connectivity index (χ0) is 61.5. The number of hydrogen-bond acceptors (Lipinski definition) is 32. The molecule has 3 aliphatic rings. The van der Waals surface area contributed by atoms with Crippen LogP contribution in [0.4, 0.5) is 0 Å². The quantitative estimate of drug-likeness (QED) is 0.0199. The highest BCUT2D eigenvalue weighted by atomic mass is 16.7. The SMILES string of the molecule is CNC(COCCC(=O)NCCOCCOCCO[C@H]1OC(CO)[C@@H](O)C(O)C1O)(COCCC(=O)NCCOCCOCCO[C@H]1OC(CO)[C@@H](O)C(O)C1O)COCCC(O)NCCOCCOCCO[C@H]1OC(CO)[C@@H](O)C(O)C1O. The summed E-state index contributed by atoms with van der Waals surface area (Å²) in [4.78, 5) is 25.1. The van der Waals surface area contributed by atoms with Gasteiger partial charge < -0.3 is 153 Å². The third-order valence-corrected chi connectivity index (χ3v) is 13.1. The van der Waals surface area contributed by atoms with Crippen LogP contribution < -0.4 is 21.3 Å². The summed E-state index contributed by atoms with van der Waals surface area (Å²) < 4.78 is 82.5. The molecule has 34 nitrogen and oxygen atoms in total. The first kappa shape index (κ1) is 76.0. The Bertz CT molecular complexity index is 1580. The smallest absolute Gasteiger partial charge is 0.222 e. The van der Waals surface area contributed by atoms with Gasteiger partial charge in [0, 0.05) is 38.9 Å². The van der Waals surface area contributed by atoms with Gasteiger partial charge in [-0.2, -0.15) is 0 Å². The summed E-state index contributed by atoms with van der Waals surface area (Å²) >= 11 is 0. The maximum atomic E-state index is 12.6. The lowest BCUT2D eigenvalue weighted by atomic mass is 9.99. The van der Waals surface area contributed by atoms with E-state index in [-0.39, 0.29) is 183 Å². The summed E-state index contributed by atoms with van der Waals surface area (Å²) in [5.41, 5.74) is -0.933. The van der Waals surface area contributed by atoms with Crippen LogP contribution in [0.3, 0.4) is 0 Å². The number of carbonyl (C=O) groups is 2. The molecular weight excluding hydrogens is 1140 g/mol. The lowest BCUT2D eigenvalue weighted by molar-refractivity contribution is -0.302. The number of hydrogen-bond donors (Lipinski definition) is 17. The largest absolute Gasteiger partial charge is 0.394 e. The Kier molecular flexibility index (Phi) is 40.8. The number of carbonyl (C=O) groups excluding carboxylic acids is 2.